The summed E-state index contributed by atoms with van der Waals surface area (Å²) in [5.41, 5.74) is 0. The molecule has 0 fully saturated rings. The standard InChI is InChI=1S/C14H25NS/c1-2-3-4-5-6-7-8-9-10-14-13-15-11-12-16-14/h11-13,15H,2-10H2,1H3. The lowest BCUT2D eigenvalue weighted by atomic mass is 10.1. The van der Waals surface area contributed by atoms with E-state index in [2.05, 4.69) is 23.8 Å². The molecule has 0 saturated heterocycles. The van der Waals surface area contributed by atoms with Gasteiger partial charge in [0.2, 0.25) is 0 Å². The van der Waals surface area contributed by atoms with Crippen LogP contribution in [0.1, 0.15) is 64.7 Å². The lowest BCUT2D eigenvalue weighted by molar-refractivity contribution is 0.577. The molecule has 1 aliphatic rings. The summed E-state index contributed by atoms with van der Waals surface area (Å²) in [7, 11) is 0. The Labute approximate surface area is 105 Å². The largest absolute Gasteiger partial charge is 0.366 e. The third kappa shape index (κ3) is 7.00. The highest BCUT2D eigenvalue weighted by Crippen LogP contribution is 2.24. The van der Waals surface area contributed by atoms with Crippen LogP contribution in [0.2, 0.25) is 0 Å². The van der Waals surface area contributed by atoms with Crippen molar-refractivity contribution < 1.29 is 0 Å². The Bertz CT molecular complexity index is 221. The van der Waals surface area contributed by atoms with Crippen molar-refractivity contribution in [2.75, 3.05) is 0 Å². The molecular formula is C14H25NS. The number of hydrogen-bond acceptors (Lipinski definition) is 2. The summed E-state index contributed by atoms with van der Waals surface area (Å²) in [5, 5.41) is 5.27. The van der Waals surface area contributed by atoms with Gasteiger partial charge in [-0.1, -0.05) is 63.6 Å². The normalized spacial score (nSPS) is 14.7. The highest BCUT2D eigenvalue weighted by Gasteiger charge is 1.99. The first-order chi connectivity index (χ1) is 7.93. The maximum atomic E-state index is 3.15. The van der Waals surface area contributed by atoms with Gasteiger partial charge >= 0.3 is 0 Å². The van der Waals surface area contributed by atoms with E-state index in [9.17, 15) is 0 Å². The second-order valence-corrected chi connectivity index (χ2v) is 5.46. The molecule has 1 heterocycles. The number of allylic oxidation sites excluding steroid dienone is 1. The third-order valence-corrected chi connectivity index (χ3v) is 3.80. The van der Waals surface area contributed by atoms with Crippen molar-refractivity contribution in [3.8, 4) is 0 Å². The van der Waals surface area contributed by atoms with E-state index >= 15 is 0 Å². The molecule has 1 nitrogen and oxygen atoms in total. The fraction of sp³-hybridized carbons (Fsp3) is 0.714. The second kappa shape index (κ2) is 9.83. The molecule has 0 saturated carbocycles. The smallest absolute Gasteiger partial charge is 0.0104 e. The number of rotatable bonds is 9. The third-order valence-electron chi connectivity index (χ3n) is 2.90. The summed E-state index contributed by atoms with van der Waals surface area (Å²) in [4.78, 5) is 1.48. The zero-order valence-electron chi connectivity index (χ0n) is 10.5. The molecule has 0 unspecified atom stereocenters. The van der Waals surface area contributed by atoms with Crippen molar-refractivity contribution in [1.82, 2.24) is 5.32 Å². The molecule has 0 aromatic heterocycles. The van der Waals surface area contributed by atoms with Crippen molar-refractivity contribution in [2.24, 2.45) is 0 Å². The molecule has 16 heavy (non-hydrogen) atoms. The average molecular weight is 239 g/mol. The minimum Gasteiger partial charge on any atom is -0.366 e. The van der Waals surface area contributed by atoms with E-state index in [4.69, 9.17) is 0 Å². The molecule has 1 rings (SSSR count). The maximum absolute atomic E-state index is 3.15. The molecule has 0 bridgehead atoms. The van der Waals surface area contributed by atoms with Gasteiger partial charge in [0.1, 0.15) is 0 Å². The predicted molar refractivity (Wildman–Crippen MR) is 75.2 cm³/mol. The topological polar surface area (TPSA) is 12.0 Å². The van der Waals surface area contributed by atoms with Crippen LogP contribution in [0.15, 0.2) is 22.7 Å². The van der Waals surface area contributed by atoms with Crippen LogP contribution in [0.3, 0.4) is 0 Å². The molecule has 1 N–H and O–H groups in total. The van der Waals surface area contributed by atoms with E-state index in [0.717, 1.165) is 0 Å². The van der Waals surface area contributed by atoms with Crippen molar-refractivity contribution >= 4 is 11.8 Å². The van der Waals surface area contributed by atoms with Crippen LogP contribution in [0.4, 0.5) is 0 Å². The van der Waals surface area contributed by atoms with Crippen LogP contribution in [-0.4, -0.2) is 0 Å². The number of nitrogens with one attached hydrogen (secondary N) is 1. The minimum atomic E-state index is 1.25. The van der Waals surface area contributed by atoms with Crippen LogP contribution < -0.4 is 5.32 Å². The number of unbranched alkanes of at least 4 members (excludes halogenated alkanes) is 7. The van der Waals surface area contributed by atoms with Gasteiger partial charge in [0.25, 0.3) is 0 Å². The van der Waals surface area contributed by atoms with E-state index in [1.165, 1.54) is 62.7 Å². The summed E-state index contributed by atoms with van der Waals surface area (Å²) in [5.74, 6) is 0. The van der Waals surface area contributed by atoms with Gasteiger partial charge < -0.3 is 5.32 Å². The monoisotopic (exact) mass is 239 g/mol. The molecule has 0 aromatic carbocycles. The van der Waals surface area contributed by atoms with Crippen molar-refractivity contribution in [1.29, 1.82) is 0 Å². The van der Waals surface area contributed by atoms with Gasteiger partial charge in [-0.05, 0) is 18.2 Å². The van der Waals surface area contributed by atoms with Gasteiger partial charge in [-0.15, -0.1) is 0 Å². The van der Waals surface area contributed by atoms with Gasteiger partial charge in [-0.25, -0.2) is 0 Å². The average Bonchev–Trinajstić information content (AvgIpc) is 2.34. The summed E-state index contributed by atoms with van der Waals surface area (Å²) in [6.45, 7) is 2.28. The fourth-order valence-corrected chi connectivity index (χ4v) is 2.62. The first kappa shape index (κ1) is 13.7. The zero-order valence-corrected chi connectivity index (χ0v) is 11.3. The van der Waals surface area contributed by atoms with E-state index in [1.807, 2.05) is 18.0 Å². The van der Waals surface area contributed by atoms with E-state index < -0.39 is 0 Å². The molecule has 0 amide bonds. The molecule has 2 heteroatoms. The highest BCUT2D eigenvalue weighted by molar-refractivity contribution is 8.05. The summed E-state index contributed by atoms with van der Waals surface area (Å²) in [6, 6.07) is 0. The molecule has 0 radical (unpaired) electrons. The summed E-state index contributed by atoms with van der Waals surface area (Å²) in [6.07, 6.45) is 16.6. The van der Waals surface area contributed by atoms with Gasteiger partial charge in [0.15, 0.2) is 0 Å². The summed E-state index contributed by atoms with van der Waals surface area (Å²) < 4.78 is 0. The van der Waals surface area contributed by atoms with Gasteiger partial charge in [0.05, 0.1) is 0 Å². The van der Waals surface area contributed by atoms with Crippen molar-refractivity contribution in [3.05, 3.63) is 22.7 Å². The number of thioether (sulfide) groups is 1. The Hall–Kier alpha value is -0.370. The van der Waals surface area contributed by atoms with Gasteiger partial charge in [-0.3, -0.25) is 0 Å². The first-order valence-electron chi connectivity index (χ1n) is 6.70. The van der Waals surface area contributed by atoms with Crippen molar-refractivity contribution in [3.63, 3.8) is 0 Å². The predicted octanol–water partition coefficient (Wildman–Crippen LogP) is 5.17. The van der Waals surface area contributed by atoms with Crippen LogP contribution in [0.25, 0.3) is 0 Å². The lowest BCUT2D eigenvalue weighted by Gasteiger charge is -2.08. The van der Waals surface area contributed by atoms with E-state index in [1.54, 1.807) is 0 Å². The fourth-order valence-electron chi connectivity index (χ4n) is 1.90. The molecule has 0 atom stereocenters. The molecule has 92 valence electrons. The lowest BCUT2D eigenvalue weighted by Crippen LogP contribution is -1.97. The Morgan fingerprint density at radius 2 is 1.69 bits per heavy atom. The second-order valence-electron chi connectivity index (χ2n) is 4.42. The van der Waals surface area contributed by atoms with Crippen LogP contribution in [0.5, 0.6) is 0 Å². The quantitative estimate of drug-likeness (QED) is 0.557. The van der Waals surface area contributed by atoms with E-state index in [-0.39, 0.29) is 0 Å². The Morgan fingerprint density at radius 1 is 1.00 bits per heavy atom. The van der Waals surface area contributed by atoms with Gasteiger partial charge in [-0.2, -0.15) is 0 Å². The molecule has 0 aliphatic carbocycles. The minimum absolute atomic E-state index is 1.25. The van der Waals surface area contributed by atoms with Crippen LogP contribution in [0, 0.1) is 0 Å². The SMILES string of the molecule is CCCCCCCCCCC1=CNC=CS1. The summed E-state index contributed by atoms with van der Waals surface area (Å²) >= 11 is 1.86. The maximum Gasteiger partial charge on any atom is 0.0104 e. The molecule has 0 spiro atoms. The van der Waals surface area contributed by atoms with Crippen molar-refractivity contribution in [2.45, 2.75) is 64.7 Å². The van der Waals surface area contributed by atoms with Crippen LogP contribution in [-0.2, 0) is 0 Å². The first-order valence-corrected chi connectivity index (χ1v) is 7.58. The number of hydrogen-bond donors (Lipinski definition) is 1. The van der Waals surface area contributed by atoms with Crippen LogP contribution >= 0.6 is 11.8 Å². The Morgan fingerprint density at radius 3 is 2.31 bits per heavy atom. The van der Waals surface area contributed by atoms with E-state index in [0.29, 0.717) is 0 Å². The molecule has 0 aromatic rings. The highest BCUT2D eigenvalue weighted by atomic mass is 32.2. The molecule has 1 aliphatic heterocycles. The molecular weight excluding hydrogens is 214 g/mol. The zero-order chi connectivity index (χ0) is 11.5. The Balaban J connectivity index is 1.83. The Kier molecular flexibility index (Phi) is 8.41. The van der Waals surface area contributed by atoms with Gasteiger partial charge in [0, 0.05) is 17.3 Å².